The molecule has 508 valence electrons. The molecular weight excluding hydrogens is 1210 g/mol. The molecule has 0 radical (unpaired) electrons. The van der Waals surface area contributed by atoms with Crippen LogP contribution in [0.15, 0.2) is 58.5 Å². The van der Waals surface area contributed by atoms with Gasteiger partial charge in [0.05, 0.1) is 25.5 Å². The zero-order chi connectivity index (χ0) is 69.5. The number of carbonyl (C=O) groups is 13. The van der Waals surface area contributed by atoms with Gasteiger partial charge in [0.2, 0.25) is 59.1 Å². The first-order valence-electron chi connectivity index (χ1n) is 28.8. The third-order valence-electron chi connectivity index (χ3n) is 13.3. The zero-order valence-corrected chi connectivity index (χ0v) is 51.3. The summed E-state index contributed by atoms with van der Waals surface area (Å²) in [5, 5.41) is 81.2. The predicted octanol–water partition coefficient (Wildman–Crippen LogP) is -6.70. The van der Waals surface area contributed by atoms with E-state index in [1.165, 1.54) is 55.5 Å². The Morgan fingerprint density at radius 1 is 0.413 bits per heavy atom. The lowest BCUT2D eigenvalue weighted by molar-refractivity contribution is -0.143. The Hall–Kier alpha value is -10.4. The quantitative estimate of drug-likeness (QED) is 0.0168. The molecule has 36 heteroatoms. The van der Waals surface area contributed by atoms with Crippen LogP contribution in [0.2, 0.25) is 0 Å². The molecule has 0 spiro atoms. The Kier molecular flexibility index (Phi) is 32.9. The van der Waals surface area contributed by atoms with Crippen molar-refractivity contribution in [2.75, 3.05) is 19.7 Å². The molecule has 92 heavy (non-hydrogen) atoms. The number of aromatic hydroxyl groups is 2. The van der Waals surface area contributed by atoms with Gasteiger partial charge in [-0.1, -0.05) is 38.1 Å². The fourth-order valence-electron chi connectivity index (χ4n) is 8.39. The smallest absolute Gasteiger partial charge is 0.328 e. The number of phenols is 2. The van der Waals surface area contributed by atoms with Crippen molar-refractivity contribution in [1.29, 1.82) is 0 Å². The van der Waals surface area contributed by atoms with E-state index in [2.05, 4.69) is 57.8 Å². The number of aliphatic hydroxyl groups is 1. The lowest BCUT2D eigenvalue weighted by Crippen LogP contribution is -2.60. The first-order chi connectivity index (χ1) is 43.1. The van der Waals surface area contributed by atoms with Crippen LogP contribution in [-0.4, -0.2) is 206 Å². The number of amides is 10. The van der Waals surface area contributed by atoms with E-state index in [0.717, 1.165) is 13.8 Å². The molecule has 0 bridgehead atoms. The molecule has 0 unspecified atom stereocenters. The maximum Gasteiger partial charge on any atom is 0.328 e. The maximum atomic E-state index is 14.0. The van der Waals surface area contributed by atoms with E-state index in [9.17, 15) is 93.0 Å². The van der Waals surface area contributed by atoms with Gasteiger partial charge in [-0.05, 0) is 94.2 Å². The number of hydrogen-bond acceptors (Lipinski definition) is 19. The van der Waals surface area contributed by atoms with Gasteiger partial charge in [-0.3, -0.25) is 67.5 Å². The third kappa shape index (κ3) is 29.3. The molecule has 0 heterocycles. The summed E-state index contributed by atoms with van der Waals surface area (Å²) in [6, 6.07) is -6.59. The van der Waals surface area contributed by atoms with Crippen LogP contribution in [-0.2, 0) is 75.2 Å². The number of benzene rings is 2. The summed E-state index contributed by atoms with van der Waals surface area (Å²) >= 11 is 0. The van der Waals surface area contributed by atoms with Gasteiger partial charge in [-0.15, -0.1) is 0 Å². The molecule has 0 aliphatic heterocycles. The van der Waals surface area contributed by atoms with E-state index in [-0.39, 0.29) is 87.4 Å². The number of phenolic OH excluding ortho intramolecular Hbond substituents is 2. The van der Waals surface area contributed by atoms with Crippen LogP contribution < -0.4 is 81.8 Å². The number of carboxylic acids is 3. The van der Waals surface area contributed by atoms with Crippen molar-refractivity contribution in [2.45, 2.75) is 159 Å². The summed E-state index contributed by atoms with van der Waals surface area (Å²) in [5.41, 5.74) is 28.6. The molecule has 0 aromatic heterocycles. The van der Waals surface area contributed by atoms with E-state index < -0.39 is 163 Å². The highest BCUT2D eigenvalue weighted by Crippen LogP contribution is 2.15. The van der Waals surface area contributed by atoms with Gasteiger partial charge in [0.25, 0.3) is 0 Å². The van der Waals surface area contributed by atoms with E-state index in [1.807, 2.05) is 19.2 Å². The second-order valence-corrected chi connectivity index (χ2v) is 21.7. The van der Waals surface area contributed by atoms with Gasteiger partial charge >= 0.3 is 17.9 Å². The van der Waals surface area contributed by atoms with Crippen LogP contribution in [0.25, 0.3) is 0 Å². The number of rotatable bonds is 40. The Morgan fingerprint density at radius 2 is 0.707 bits per heavy atom. The normalized spacial score (nSPS) is 14.5. The van der Waals surface area contributed by atoms with Crippen molar-refractivity contribution in [3.8, 4) is 11.5 Å². The summed E-state index contributed by atoms with van der Waals surface area (Å²) in [4.78, 5) is 180. The number of aliphatic imine (C=N–C) groups is 2. The number of hydrogen-bond donors (Lipinski definition) is 21. The summed E-state index contributed by atoms with van der Waals surface area (Å²) in [6.45, 7) is 5.99. The van der Waals surface area contributed by atoms with Crippen molar-refractivity contribution in [1.82, 2.24) is 53.2 Å². The molecule has 0 aliphatic rings. The van der Waals surface area contributed by atoms with E-state index in [4.69, 9.17) is 28.7 Å². The van der Waals surface area contributed by atoms with Gasteiger partial charge in [0, 0.05) is 25.9 Å². The molecule has 0 saturated heterocycles. The van der Waals surface area contributed by atoms with Crippen molar-refractivity contribution in [3.63, 3.8) is 0 Å². The van der Waals surface area contributed by atoms with Gasteiger partial charge in [0.15, 0.2) is 11.9 Å². The van der Waals surface area contributed by atoms with Crippen molar-refractivity contribution in [3.05, 3.63) is 59.7 Å². The minimum Gasteiger partial charge on any atom is -0.508 e. The average Bonchev–Trinajstić information content (AvgIpc) is 1.19. The Labute approximate surface area is 527 Å². The predicted molar refractivity (Wildman–Crippen MR) is 326 cm³/mol. The SMILES string of the molecule is CC(C)C[C@H](N)C(=O)N[C@@H](Cc1ccc(O)cc1)C(=O)N[C@@H](CCCN=C(N)N)C(=O)N[C@@H](C)C(=O)N[C@@H](C)C(=O)N[C@@H](CC(=O)O)C(=O)N[C@@H](CC(=O)O)C(=O)N[C@@H](C)C(=O)N[C@@H](Cc1ccc(O)cc1)C(=O)N[C@@H](CCCN=C(N)N)C(=O)N[C@@H](CO)C(=O)O. The summed E-state index contributed by atoms with van der Waals surface area (Å²) in [7, 11) is 0. The first-order valence-corrected chi connectivity index (χ1v) is 28.8. The topological polar surface area (TPSA) is 618 Å². The van der Waals surface area contributed by atoms with E-state index >= 15 is 0 Å². The van der Waals surface area contributed by atoms with Crippen LogP contribution >= 0.6 is 0 Å². The molecule has 2 aromatic carbocycles. The summed E-state index contributed by atoms with van der Waals surface area (Å²) in [5.74, 6) is -16.5. The van der Waals surface area contributed by atoms with Gasteiger partial charge in [-0.25, -0.2) is 4.79 Å². The second-order valence-electron chi connectivity index (χ2n) is 21.7. The monoisotopic (exact) mass is 1300 g/mol. The van der Waals surface area contributed by atoms with Crippen LogP contribution in [0.4, 0.5) is 0 Å². The molecule has 11 atom stereocenters. The summed E-state index contributed by atoms with van der Waals surface area (Å²) in [6.07, 6.45) is -2.78. The maximum absolute atomic E-state index is 14.0. The van der Waals surface area contributed by atoms with Gasteiger partial charge in [0.1, 0.15) is 71.9 Å². The number of carboxylic acid groups (broad SMARTS) is 3. The molecule has 2 aromatic rings. The lowest BCUT2D eigenvalue weighted by Gasteiger charge is -2.26. The zero-order valence-electron chi connectivity index (χ0n) is 51.3. The van der Waals surface area contributed by atoms with Gasteiger partial charge in [-0.2, -0.15) is 0 Å². The minimum absolute atomic E-state index is 0.00255. The van der Waals surface area contributed by atoms with Crippen LogP contribution in [0, 0.1) is 5.92 Å². The number of aliphatic carboxylic acids is 3. The highest BCUT2D eigenvalue weighted by molar-refractivity contribution is 6.00. The molecular formula is C56H85N17O19. The van der Waals surface area contributed by atoms with Crippen LogP contribution in [0.3, 0.4) is 0 Å². The minimum atomic E-state index is -2.09. The molecule has 2 rings (SSSR count). The average molecular weight is 1300 g/mol. The van der Waals surface area contributed by atoms with Crippen LogP contribution in [0.5, 0.6) is 11.5 Å². The van der Waals surface area contributed by atoms with Crippen LogP contribution in [0.1, 0.15) is 90.7 Å². The van der Waals surface area contributed by atoms with E-state index in [1.54, 1.807) is 0 Å². The van der Waals surface area contributed by atoms with Crippen molar-refractivity contribution in [2.24, 2.45) is 44.6 Å². The standard InChI is InChI=1S/C56H85N17O19/c1-26(2)20-34(57)47(84)71-38(22-31-12-16-33(76)17-13-31)52(89)67-35(8-6-18-62-55(58)59)48(85)65-27(3)44(81)64-28(4)45(82)70-40(24-43(79)80)53(90)72-39(23-42(77)78)50(87)66-29(5)46(83)69-37(21-30-10-14-32(75)15-11-30)51(88)68-36(9-7-19-63-56(60)61)49(86)73-41(25-74)54(91)92/h10-17,26-29,34-41,74-76H,6-9,18-25,57H2,1-5H3,(H,64,81)(H,65,85)(H,66,87)(H,67,89)(H,68,88)(H,69,83)(H,70,82)(H,71,84)(H,72,90)(H,73,86)(H,77,78)(H,79,80)(H,91,92)(H4,58,59,62)(H4,60,61,63)/t27-,28-,29-,34-,35-,36-,37-,38-,39-,40-,41-/m0/s1. The molecule has 0 aliphatic carbocycles. The Bertz CT molecular complexity index is 2960. The highest BCUT2D eigenvalue weighted by Gasteiger charge is 2.36. The number of aliphatic hydroxyl groups excluding tert-OH is 1. The van der Waals surface area contributed by atoms with Gasteiger partial charge < -0.3 is 112 Å². The molecule has 36 nitrogen and oxygen atoms in total. The Balaban J connectivity index is 2.31. The fraction of sp³-hybridized carbons (Fsp3) is 0.518. The van der Waals surface area contributed by atoms with Crippen molar-refractivity contribution < 1.29 is 93.0 Å². The first kappa shape index (κ1) is 77.7. The number of guanidine groups is 2. The van der Waals surface area contributed by atoms with E-state index in [0.29, 0.717) is 11.1 Å². The molecule has 0 saturated carbocycles. The highest BCUT2D eigenvalue weighted by atomic mass is 16.4. The molecule has 26 N–H and O–H groups in total. The summed E-state index contributed by atoms with van der Waals surface area (Å²) < 4.78 is 0. The van der Waals surface area contributed by atoms with Crippen molar-refractivity contribution >= 4 is 88.9 Å². The Morgan fingerprint density at radius 3 is 1.07 bits per heavy atom. The number of nitrogens with zero attached hydrogens (tertiary/aromatic N) is 2. The largest absolute Gasteiger partial charge is 0.508 e. The number of nitrogens with one attached hydrogen (secondary N) is 10. The second kappa shape index (κ2) is 38.9. The lowest BCUT2D eigenvalue weighted by atomic mass is 10.0. The number of nitrogens with two attached hydrogens (primary N) is 5. The number of carbonyl (C=O) groups excluding carboxylic acids is 10. The third-order valence-corrected chi connectivity index (χ3v) is 13.3. The fourth-order valence-corrected chi connectivity index (χ4v) is 8.39. The molecule has 0 fully saturated rings. The molecule has 10 amide bonds.